The summed E-state index contributed by atoms with van der Waals surface area (Å²) in [6.45, 7) is 25.9. The van der Waals surface area contributed by atoms with Crippen molar-refractivity contribution in [2.24, 2.45) is 5.41 Å². The molecule has 0 saturated carbocycles. The molecule has 3 aliphatic rings. The number of anilines is 6. The lowest BCUT2D eigenvalue weighted by molar-refractivity contribution is 0.392. The highest BCUT2D eigenvalue weighted by molar-refractivity contribution is 7.00. The van der Waals surface area contributed by atoms with Crippen LogP contribution in [0, 0.1) is 5.41 Å². The second-order valence-electron chi connectivity index (χ2n) is 22.3. The van der Waals surface area contributed by atoms with Gasteiger partial charge in [0.1, 0.15) is 0 Å². The van der Waals surface area contributed by atoms with Gasteiger partial charge in [-0.1, -0.05) is 173 Å². The van der Waals surface area contributed by atoms with Crippen LogP contribution >= 0.6 is 0 Å². The normalized spacial score (nSPS) is 15.2. The Balaban J connectivity index is 1.26. The summed E-state index contributed by atoms with van der Waals surface area (Å²) < 4.78 is 0. The maximum Gasteiger partial charge on any atom is 0.252 e. The largest absolute Gasteiger partial charge is 0.311 e. The first-order valence-electron chi connectivity index (χ1n) is 22.8. The van der Waals surface area contributed by atoms with E-state index in [4.69, 9.17) is 0 Å². The van der Waals surface area contributed by atoms with Crippen LogP contribution in [0.15, 0.2) is 146 Å². The molecule has 2 heterocycles. The molecule has 7 aromatic rings. The lowest BCUT2D eigenvalue weighted by Crippen LogP contribution is -2.61. The monoisotopic (exact) mass is 808 g/mol. The van der Waals surface area contributed by atoms with E-state index >= 15 is 0 Å². The average Bonchev–Trinajstić information content (AvgIpc) is 3.54. The summed E-state index contributed by atoms with van der Waals surface area (Å²) in [7, 11) is 0. The highest BCUT2D eigenvalue weighted by Gasteiger charge is 2.45. The molecule has 0 amide bonds. The Hall–Kier alpha value is -5.80. The first-order valence-corrected chi connectivity index (χ1v) is 22.8. The zero-order valence-electron chi connectivity index (χ0n) is 38.7. The van der Waals surface area contributed by atoms with Crippen LogP contribution in [-0.2, 0) is 29.1 Å². The van der Waals surface area contributed by atoms with E-state index in [2.05, 4.69) is 232 Å². The van der Waals surface area contributed by atoms with Crippen molar-refractivity contribution < 1.29 is 0 Å². The molecule has 62 heavy (non-hydrogen) atoms. The second kappa shape index (κ2) is 14.1. The zero-order chi connectivity index (χ0) is 43.5. The Morgan fingerprint density at radius 3 is 1.56 bits per heavy atom. The van der Waals surface area contributed by atoms with Gasteiger partial charge in [-0.2, -0.15) is 0 Å². The molecule has 3 heteroatoms. The summed E-state index contributed by atoms with van der Waals surface area (Å²) in [4.78, 5) is 5.19. The van der Waals surface area contributed by atoms with Crippen LogP contribution in [0.5, 0.6) is 0 Å². The van der Waals surface area contributed by atoms with E-state index in [1.807, 2.05) is 0 Å². The fraction of sp³-hybridized carbons (Fsp3) is 0.288. The van der Waals surface area contributed by atoms with Gasteiger partial charge < -0.3 is 9.80 Å². The Morgan fingerprint density at radius 1 is 0.419 bits per heavy atom. The van der Waals surface area contributed by atoms with Crippen molar-refractivity contribution in [1.82, 2.24) is 0 Å². The van der Waals surface area contributed by atoms with Gasteiger partial charge in [0.2, 0.25) is 0 Å². The summed E-state index contributed by atoms with van der Waals surface area (Å²) in [5.41, 5.74) is 23.9. The summed E-state index contributed by atoms with van der Waals surface area (Å²) in [5.74, 6) is 0. The van der Waals surface area contributed by atoms with Gasteiger partial charge in [-0.05, 0) is 144 Å². The van der Waals surface area contributed by atoms with Gasteiger partial charge in [0.05, 0.1) is 5.69 Å². The Kier molecular flexibility index (Phi) is 9.17. The molecule has 310 valence electrons. The molecule has 0 atom stereocenters. The highest BCUT2D eigenvalue weighted by Crippen LogP contribution is 2.49. The molecular weight excluding hydrogens is 747 g/mol. The number of fused-ring (bicyclic) bond motifs is 5. The minimum Gasteiger partial charge on any atom is -0.311 e. The molecule has 7 aromatic carbocycles. The predicted octanol–water partition coefficient (Wildman–Crippen LogP) is 14.1. The Bertz CT molecular complexity index is 2860. The smallest absolute Gasteiger partial charge is 0.252 e. The SMILES string of the molecule is CC1(C)Cc2cc3c(cc2C1)N(c1ccc(C(C)(C)C)cc1-c1ccc(-c2ccccc2)cc1)c1cccc2c1B3c1cc(C(C)(C)C)ccc1N2c1ccc(C(C)(C)C)cc1. The van der Waals surface area contributed by atoms with E-state index in [9.17, 15) is 0 Å². The molecule has 0 spiro atoms. The lowest BCUT2D eigenvalue weighted by atomic mass is 9.33. The van der Waals surface area contributed by atoms with Crippen LogP contribution in [0.3, 0.4) is 0 Å². The van der Waals surface area contributed by atoms with E-state index in [1.165, 1.54) is 101 Å². The molecule has 2 aliphatic heterocycles. The predicted molar refractivity (Wildman–Crippen MR) is 269 cm³/mol. The van der Waals surface area contributed by atoms with Crippen molar-refractivity contribution in [2.75, 3.05) is 9.80 Å². The van der Waals surface area contributed by atoms with Gasteiger partial charge in [-0.15, -0.1) is 0 Å². The van der Waals surface area contributed by atoms with Crippen molar-refractivity contribution in [1.29, 1.82) is 0 Å². The third-order valence-electron chi connectivity index (χ3n) is 13.9. The van der Waals surface area contributed by atoms with Gasteiger partial charge in [0.25, 0.3) is 6.71 Å². The Labute approximate surface area is 371 Å². The fourth-order valence-electron chi connectivity index (χ4n) is 10.5. The minimum absolute atomic E-state index is 0.000729. The topological polar surface area (TPSA) is 6.48 Å². The van der Waals surface area contributed by atoms with E-state index in [1.54, 1.807) is 0 Å². The summed E-state index contributed by atoms with van der Waals surface area (Å²) in [6, 6.07) is 56.2. The quantitative estimate of drug-likeness (QED) is 0.163. The molecule has 1 aliphatic carbocycles. The first kappa shape index (κ1) is 40.3. The maximum absolute atomic E-state index is 2.64. The summed E-state index contributed by atoms with van der Waals surface area (Å²) in [5, 5.41) is 0. The molecule has 0 aromatic heterocycles. The van der Waals surface area contributed by atoms with Gasteiger partial charge in [0.15, 0.2) is 0 Å². The van der Waals surface area contributed by atoms with Crippen molar-refractivity contribution in [2.45, 2.75) is 105 Å². The second-order valence-corrected chi connectivity index (χ2v) is 22.3. The molecule has 0 unspecified atom stereocenters. The highest BCUT2D eigenvalue weighted by atomic mass is 15.2. The number of benzene rings is 7. The van der Waals surface area contributed by atoms with Crippen molar-refractivity contribution in [3.63, 3.8) is 0 Å². The van der Waals surface area contributed by atoms with E-state index in [0.717, 1.165) is 12.8 Å². The maximum atomic E-state index is 2.64. The van der Waals surface area contributed by atoms with Crippen LogP contribution in [0.1, 0.15) is 104 Å². The lowest BCUT2D eigenvalue weighted by Gasteiger charge is -2.45. The molecule has 2 nitrogen and oxygen atoms in total. The molecule has 10 rings (SSSR count). The van der Waals surface area contributed by atoms with Crippen molar-refractivity contribution >= 4 is 57.2 Å². The molecule has 0 radical (unpaired) electrons. The first-order chi connectivity index (χ1) is 29.4. The standard InChI is InChI=1S/C59H61BN2/c1-56(2,3)43-24-28-46(29-25-43)61-51-31-27-45(58(7,8)9)35-49(51)60-48-32-41-36-59(10,11)37-42(41)33-54(48)62(53-19-15-18-52(61)55(53)60)50-30-26-44(57(4,5)6)34-47(50)40-22-20-39(21-23-40)38-16-13-12-14-17-38/h12-35H,36-37H2,1-11H3. The summed E-state index contributed by atoms with van der Waals surface area (Å²) >= 11 is 0. The third-order valence-corrected chi connectivity index (χ3v) is 13.9. The van der Waals surface area contributed by atoms with E-state index in [0.29, 0.717) is 0 Å². The minimum atomic E-state index is -0.0159. The fourth-order valence-corrected chi connectivity index (χ4v) is 10.5. The van der Waals surface area contributed by atoms with Crippen LogP contribution in [0.4, 0.5) is 34.1 Å². The third kappa shape index (κ3) is 6.80. The van der Waals surface area contributed by atoms with Crippen LogP contribution in [0.25, 0.3) is 22.3 Å². The molecule has 0 N–H and O–H groups in total. The van der Waals surface area contributed by atoms with E-state index in [-0.39, 0.29) is 28.4 Å². The number of hydrogen-bond donors (Lipinski definition) is 0. The number of hydrogen-bond acceptors (Lipinski definition) is 2. The van der Waals surface area contributed by atoms with Gasteiger partial charge in [0, 0.05) is 34.0 Å². The Morgan fingerprint density at radius 2 is 0.935 bits per heavy atom. The van der Waals surface area contributed by atoms with Crippen LogP contribution < -0.4 is 26.2 Å². The average molecular weight is 809 g/mol. The van der Waals surface area contributed by atoms with Crippen molar-refractivity contribution in [3.05, 3.63) is 173 Å². The van der Waals surface area contributed by atoms with Gasteiger partial charge in [-0.25, -0.2) is 0 Å². The molecular formula is C59H61BN2. The molecule has 0 bridgehead atoms. The van der Waals surface area contributed by atoms with E-state index < -0.39 is 0 Å². The zero-order valence-corrected chi connectivity index (χ0v) is 38.7. The van der Waals surface area contributed by atoms with Crippen molar-refractivity contribution in [3.8, 4) is 22.3 Å². The van der Waals surface area contributed by atoms with Crippen LogP contribution in [0.2, 0.25) is 0 Å². The van der Waals surface area contributed by atoms with Crippen LogP contribution in [-0.4, -0.2) is 6.71 Å². The van der Waals surface area contributed by atoms with Gasteiger partial charge in [-0.3, -0.25) is 0 Å². The number of rotatable bonds is 4. The number of nitrogens with zero attached hydrogens (tertiary/aromatic N) is 2. The van der Waals surface area contributed by atoms with Gasteiger partial charge >= 0.3 is 0 Å². The molecule has 0 fully saturated rings. The summed E-state index contributed by atoms with van der Waals surface area (Å²) in [6.07, 6.45) is 2.18. The molecule has 0 saturated heterocycles.